The van der Waals surface area contributed by atoms with Crippen LogP contribution in [0.1, 0.15) is 29.6 Å². The summed E-state index contributed by atoms with van der Waals surface area (Å²) in [6.45, 7) is 0.752. The summed E-state index contributed by atoms with van der Waals surface area (Å²) in [5, 5.41) is 20.4. The molecule has 1 aliphatic heterocycles. The molecule has 2 rings (SSSR count). The molecule has 2 atom stereocenters. The van der Waals surface area contributed by atoms with E-state index in [0.717, 1.165) is 6.07 Å². The lowest BCUT2D eigenvalue weighted by molar-refractivity contribution is -0.0745. The molecule has 134 valence electrons. The normalized spacial score (nSPS) is 24.2. The van der Waals surface area contributed by atoms with Crippen molar-refractivity contribution in [1.29, 1.82) is 0 Å². The Hall–Kier alpha value is -1.21. The predicted octanol–water partition coefficient (Wildman–Crippen LogP) is 2.09. The van der Waals surface area contributed by atoms with Gasteiger partial charge in [-0.3, -0.25) is 4.79 Å². The monoisotopic (exact) mass is 359 g/mol. The number of ether oxygens (including phenoxy) is 1. The fourth-order valence-electron chi connectivity index (χ4n) is 3.20. The topological polar surface area (TPSA) is 70.0 Å². The standard InChI is InChI=1S/C17H23ClFNO4/c1-24-8-2-6-17(11-21)10-20(7-5-15(17)22)16(23)13-4-3-12(18)9-14(13)19/h3-4,9,15,21-22H,2,5-8,10-11H2,1H3/t15-,17+/m1/s1. The molecule has 1 amide bonds. The number of rotatable bonds is 6. The van der Waals surface area contributed by atoms with Crippen LogP contribution >= 0.6 is 11.6 Å². The lowest BCUT2D eigenvalue weighted by atomic mass is 9.74. The number of aliphatic hydroxyl groups is 2. The molecule has 0 unspecified atom stereocenters. The van der Waals surface area contributed by atoms with Crippen molar-refractivity contribution >= 4 is 17.5 Å². The molecule has 24 heavy (non-hydrogen) atoms. The summed E-state index contributed by atoms with van der Waals surface area (Å²) in [7, 11) is 1.59. The van der Waals surface area contributed by atoms with E-state index in [1.807, 2.05) is 0 Å². The first kappa shape index (κ1) is 19.1. The van der Waals surface area contributed by atoms with Crippen LogP contribution in [-0.2, 0) is 4.74 Å². The second-order valence-electron chi connectivity index (χ2n) is 6.27. The van der Waals surface area contributed by atoms with Gasteiger partial charge in [-0.1, -0.05) is 11.6 Å². The number of likely N-dealkylation sites (tertiary alicyclic amines) is 1. The average Bonchev–Trinajstić information content (AvgIpc) is 2.56. The van der Waals surface area contributed by atoms with Crippen LogP contribution in [0.25, 0.3) is 0 Å². The number of hydrogen-bond donors (Lipinski definition) is 2. The predicted molar refractivity (Wildman–Crippen MR) is 88.6 cm³/mol. The van der Waals surface area contributed by atoms with E-state index in [4.69, 9.17) is 16.3 Å². The number of methoxy groups -OCH3 is 1. The molecule has 7 heteroatoms. The van der Waals surface area contributed by atoms with Crippen molar-refractivity contribution in [3.8, 4) is 0 Å². The minimum absolute atomic E-state index is 0.0560. The molecule has 5 nitrogen and oxygen atoms in total. The fraction of sp³-hybridized carbons (Fsp3) is 0.588. The van der Waals surface area contributed by atoms with Crippen LogP contribution in [0, 0.1) is 11.2 Å². The van der Waals surface area contributed by atoms with E-state index in [-0.39, 0.29) is 23.7 Å². The van der Waals surface area contributed by atoms with Gasteiger partial charge in [-0.25, -0.2) is 4.39 Å². The van der Waals surface area contributed by atoms with E-state index in [1.165, 1.54) is 17.0 Å². The highest BCUT2D eigenvalue weighted by Crippen LogP contribution is 2.35. The van der Waals surface area contributed by atoms with E-state index in [2.05, 4.69) is 0 Å². The van der Waals surface area contributed by atoms with E-state index >= 15 is 0 Å². The second kappa shape index (κ2) is 8.25. The van der Waals surface area contributed by atoms with Gasteiger partial charge in [-0.05, 0) is 37.5 Å². The zero-order valence-electron chi connectivity index (χ0n) is 13.7. The highest BCUT2D eigenvalue weighted by molar-refractivity contribution is 6.30. The molecule has 1 aliphatic rings. The van der Waals surface area contributed by atoms with Crippen LogP contribution in [-0.4, -0.2) is 60.5 Å². The summed E-state index contributed by atoms with van der Waals surface area (Å²) in [5.74, 6) is -1.13. The molecule has 2 N–H and O–H groups in total. The third-order valence-corrected chi connectivity index (χ3v) is 4.91. The first-order chi connectivity index (χ1) is 11.4. The Balaban J connectivity index is 2.17. The van der Waals surface area contributed by atoms with Gasteiger partial charge in [-0.15, -0.1) is 0 Å². The molecule has 0 spiro atoms. The lowest BCUT2D eigenvalue weighted by Gasteiger charge is -2.45. The molecule has 0 aromatic heterocycles. The van der Waals surface area contributed by atoms with Gasteiger partial charge < -0.3 is 19.8 Å². The van der Waals surface area contributed by atoms with Crippen molar-refractivity contribution in [3.05, 3.63) is 34.6 Å². The molecular weight excluding hydrogens is 337 g/mol. The number of hydrogen-bond acceptors (Lipinski definition) is 4. The first-order valence-corrected chi connectivity index (χ1v) is 8.33. The highest BCUT2D eigenvalue weighted by Gasteiger charge is 2.43. The maximum Gasteiger partial charge on any atom is 0.256 e. The van der Waals surface area contributed by atoms with Gasteiger partial charge in [0.05, 0.1) is 18.3 Å². The van der Waals surface area contributed by atoms with Crippen LogP contribution in [0.4, 0.5) is 4.39 Å². The molecule has 1 aromatic carbocycles. The van der Waals surface area contributed by atoms with E-state index in [9.17, 15) is 19.4 Å². The fourth-order valence-corrected chi connectivity index (χ4v) is 3.36. The molecule has 1 saturated heterocycles. The van der Waals surface area contributed by atoms with Gasteiger partial charge in [0.1, 0.15) is 5.82 Å². The van der Waals surface area contributed by atoms with Crippen molar-refractivity contribution in [1.82, 2.24) is 4.90 Å². The Morgan fingerprint density at radius 1 is 1.54 bits per heavy atom. The number of halogens is 2. The van der Waals surface area contributed by atoms with Gasteiger partial charge in [0.2, 0.25) is 0 Å². The summed E-state index contributed by atoms with van der Waals surface area (Å²) in [4.78, 5) is 14.1. The van der Waals surface area contributed by atoms with Crippen molar-refractivity contribution in [3.63, 3.8) is 0 Å². The minimum Gasteiger partial charge on any atom is -0.396 e. The van der Waals surface area contributed by atoms with E-state index in [1.54, 1.807) is 7.11 Å². The molecule has 0 saturated carbocycles. The highest BCUT2D eigenvalue weighted by atomic mass is 35.5. The number of carbonyl (C=O) groups excluding carboxylic acids is 1. The number of carbonyl (C=O) groups is 1. The summed E-state index contributed by atoms with van der Waals surface area (Å²) < 4.78 is 19.0. The van der Waals surface area contributed by atoms with Crippen molar-refractivity contribution < 1.29 is 24.1 Å². The SMILES string of the molecule is COCCC[C@@]1(CO)CN(C(=O)c2ccc(Cl)cc2F)CC[C@H]1O. The van der Waals surface area contributed by atoms with Crippen LogP contribution < -0.4 is 0 Å². The smallest absolute Gasteiger partial charge is 0.256 e. The third-order valence-electron chi connectivity index (χ3n) is 4.67. The zero-order valence-corrected chi connectivity index (χ0v) is 14.4. The molecule has 1 heterocycles. The van der Waals surface area contributed by atoms with Gasteiger partial charge in [-0.2, -0.15) is 0 Å². The summed E-state index contributed by atoms with van der Waals surface area (Å²) >= 11 is 5.72. The third kappa shape index (κ3) is 4.06. The largest absolute Gasteiger partial charge is 0.396 e. The van der Waals surface area contributed by atoms with Crippen LogP contribution in [0.5, 0.6) is 0 Å². The molecule has 0 aliphatic carbocycles. The molecule has 1 aromatic rings. The number of aliphatic hydroxyl groups excluding tert-OH is 2. The van der Waals surface area contributed by atoms with Gasteiger partial charge >= 0.3 is 0 Å². The van der Waals surface area contributed by atoms with Crippen LogP contribution in [0.2, 0.25) is 5.02 Å². The number of piperidine rings is 1. The van der Waals surface area contributed by atoms with E-state index < -0.39 is 23.2 Å². The van der Waals surface area contributed by atoms with Crippen LogP contribution in [0.3, 0.4) is 0 Å². The second-order valence-corrected chi connectivity index (χ2v) is 6.71. The van der Waals surface area contributed by atoms with Crippen LogP contribution in [0.15, 0.2) is 18.2 Å². The molecular formula is C17H23ClFNO4. The Bertz CT molecular complexity index is 586. The van der Waals surface area contributed by atoms with Gasteiger partial charge in [0.25, 0.3) is 5.91 Å². The Kier molecular flexibility index (Phi) is 6.57. The lowest BCUT2D eigenvalue weighted by Crippen LogP contribution is -2.55. The Morgan fingerprint density at radius 2 is 2.29 bits per heavy atom. The minimum atomic E-state index is -0.810. The summed E-state index contributed by atoms with van der Waals surface area (Å²) in [6, 6.07) is 3.93. The average molecular weight is 360 g/mol. The van der Waals surface area contributed by atoms with E-state index in [0.29, 0.717) is 32.4 Å². The van der Waals surface area contributed by atoms with Gasteiger partial charge in [0.15, 0.2) is 0 Å². The van der Waals surface area contributed by atoms with Crippen molar-refractivity contribution in [2.75, 3.05) is 33.4 Å². The summed E-state index contributed by atoms with van der Waals surface area (Å²) in [6.07, 6.45) is 0.809. The Morgan fingerprint density at radius 3 is 2.92 bits per heavy atom. The van der Waals surface area contributed by atoms with Crippen molar-refractivity contribution in [2.24, 2.45) is 5.41 Å². The van der Waals surface area contributed by atoms with Crippen molar-refractivity contribution in [2.45, 2.75) is 25.4 Å². The maximum absolute atomic E-state index is 14.0. The number of benzene rings is 1. The zero-order chi connectivity index (χ0) is 17.7. The first-order valence-electron chi connectivity index (χ1n) is 7.96. The van der Waals surface area contributed by atoms with Gasteiger partial charge in [0, 0.05) is 37.2 Å². The molecule has 1 fully saturated rings. The number of amides is 1. The quantitative estimate of drug-likeness (QED) is 0.763. The molecule has 0 radical (unpaired) electrons. The number of nitrogens with zero attached hydrogens (tertiary/aromatic N) is 1. The molecule has 0 bridgehead atoms. The summed E-state index contributed by atoms with van der Waals surface area (Å²) in [5.41, 5.74) is -0.866. The Labute approximate surface area is 146 Å². The maximum atomic E-state index is 14.0.